The zero-order valence-corrected chi connectivity index (χ0v) is 20.0. The molecule has 1 N–H and O–H groups in total. The molecule has 1 aromatic carbocycles. The van der Waals surface area contributed by atoms with E-state index < -0.39 is 0 Å². The highest BCUT2D eigenvalue weighted by atomic mass is 127. The minimum absolute atomic E-state index is 0. The van der Waals surface area contributed by atoms with Crippen LogP contribution in [0.3, 0.4) is 0 Å². The Labute approximate surface area is 189 Å². The first-order chi connectivity index (χ1) is 13.2. The lowest BCUT2D eigenvalue weighted by Gasteiger charge is -2.39. The number of ether oxygens (including phenoxy) is 1. The van der Waals surface area contributed by atoms with Gasteiger partial charge in [-0.05, 0) is 50.3 Å². The van der Waals surface area contributed by atoms with Crippen LogP contribution in [0.25, 0.3) is 0 Å². The Morgan fingerprint density at radius 2 is 1.82 bits per heavy atom. The maximum Gasteiger partial charge on any atom is 0.194 e. The second-order valence-corrected chi connectivity index (χ2v) is 8.39. The number of hydrogen-bond acceptors (Lipinski definition) is 4. The van der Waals surface area contributed by atoms with Crippen molar-refractivity contribution in [1.29, 1.82) is 0 Å². The molecule has 0 atom stereocenters. The smallest absolute Gasteiger partial charge is 0.194 e. The Hall–Kier alpha value is -0.740. The van der Waals surface area contributed by atoms with E-state index in [0.29, 0.717) is 0 Å². The van der Waals surface area contributed by atoms with Crippen LogP contribution >= 0.6 is 35.7 Å². The first-order valence-electron chi connectivity index (χ1n) is 9.82. The van der Waals surface area contributed by atoms with Crippen molar-refractivity contribution in [2.24, 2.45) is 4.99 Å². The minimum atomic E-state index is -0.185. The molecule has 0 spiro atoms. The van der Waals surface area contributed by atoms with E-state index in [4.69, 9.17) is 9.73 Å². The van der Waals surface area contributed by atoms with Crippen molar-refractivity contribution >= 4 is 47.4 Å². The summed E-state index contributed by atoms with van der Waals surface area (Å²) in [4.78, 5) is 9.65. The maximum absolute atomic E-state index is 13.1. The number of hydrogen-bond donors (Lipinski definition) is 1. The van der Waals surface area contributed by atoms with E-state index in [1.807, 2.05) is 23.9 Å². The highest BCUT2D eigenvalue weighted by Crippen LogP contribution is 2.34. The minimum Gasteiger partial charge on any atom is -0.381 e. The molecule has 28 heavy (non-hydrogen) atoms. The molecule has 0 unspecified atom stereocenters. The molecule has 0 aliphatic carbocycles. The number of aliphatic imine (C=N–C) groups is 1. The van der Waals surface area contributed by atoms with Gasteiger partial charge in [0.25, 0.3) is 0 Å². The number of anilines is 1. The third kappa shape index (κ3) is 6.13. The number of guanidine groups is 1. The van der Waals surface area contributed by atoms with Gasteiger partial charge in [0.05, 0.1) is 6.54 Å². The molecular formula is C20H32FIN4OS. The number of piperazine rings is 1. The van der Waals surface area contributed by atoms with Gasteiger partial charge in [-0.15, -0.1) is 24.0 Å². The Balaban J connectivity index is 0.00000280. The average Bonchev–Trinajstić information content (AvgIpc) is 2.72. The molecule has 3 rings (SSSR count). The molecule has 8 heteroatoms. The fourth-order valence-corrected chi connectivity index (χ4v) is 4.41. The molecule has 2 saturated heterocycles. The van der Waals surface area contributed by atoms with Gasteiger partial charge in [-0.1, -0.05) is 0 Å². The molecule has 1 aromatic rings. The lowest BCUT2D eigenvalue weighted by atomic mass is 9.99. The molecule has 2 aliphatic heterocycles. The summed E-state index contributed by atoms with van der Waals surface area (Å²) in [7, 11) is 0. The normalized spacial score (nSPS) is 19.9. The zero-order chi connectivity index (χ0) is 19.1. The highest BCUT2D eigenvalue weighted by Gasteiger charge is 2.32. The summed E-state index contributed by atoms with van der Waals surface area (Å²) < 4.78 is 18.9. The molecular weight excluding hydrogens is 490 g/mol. The number of thioether (sulfide) groups is 1. The summed E-state index contributed by atoms with van der Waals surface area (Å²) in [5.41, 5.74) is 1.08. The first kappa shape index (κ1) is 23.5. The largest absolute Gasteiger partial charge is 0.381 e. The summed E-state index contributed by atoms with van der Waals surface area (Å²) in [5, 5.41) is 3.46. The van der Waals surface area contributed by atoms with Gasteiger partial charge in [0, 0.05) is 56.4 Å². The molecule has 0 radical (unpaired) electrons. The van der Waals surface area contributed by atoms with Crippen LogP contribution in [0.1, 0.15) is 19.8 Å². The van der Waals surface area contributed by atoms with Crippen molar-refractivity contribution in [2.45, 2.75) is 24.5 Å². The van der Waals surface area contributed by atoms with Crippen molar-refractivity contribution in [3.63, 3.8) is 0 Å². The molecule has 2 heterocycles. The maximum atomic E-state index is 13.1. The number of nitrogens with one attached hydrogen (secondary N) is 1. The van der Waals surface area contributed by atoms with Crippen LogP contribution in [0.4, 0.5) is 10.1 Å². The first-order valence-corrected chi connectivity index (χ1v) is 11.0. The Morgan fingerprint density at radius 3 is 2.39 bits per heavy atom. The van der Waals surface area contributed by atoms with Crippen molar-refractivity contribution in [1.82, 2.24) is 10.2 Å². The number of halogens is 2. The summed E-state index contributed by atoms with van der Waals surface area (Å²) in [6, 6.07) is 6.78. The number of benzene rings is 1. The lowest BCUT2D eigenvalue weighted by molar-refractivity contribution is 0.0793. The fourth-order valence-electron chi connectivity index (χ4n) is 3.64. The van der Waals surface area contributed by atoms with E-state index in [0.717, 1.165) is 77.0 Å². The fraction of sp³-hybridized carbons (Fsp3) is 0.650. The molecule has 0 saturated carbocycles. The van der Waals surface area contributed by atoms with E-state index in [1.54, 1.807) is 0 Å². The second-order valence-electron chi connectivity index (χ2n) is 7.12. The van der Waals surface area contributed by atoms with E-state index >= 15 is 0 Å². The third-order valence-electron chi connectivity index (χ3n) is 5.46. The molecule has 0 aromatic heterocycles. The van der Waals surface area contributed by atoms with Crippen LogP contribution in [0.15, 0.2) is 29.3 Å². The Kier molecular flexibility index (Phi) is 9.62. The van der Waals surface area contributed by atoms with Gasteiger partial charge in [0.1, 0.15) is 5.82 Å². The molecule has 2 aliphatic rings. The van der Waals surface area contributed by atoms with Gasteiger partial charge in [0.2, 0.25) is 0 Å². The van der Waals surface area contributed by atoms with Crippen LogP contribution < -0.4 is 10.2 Å². The van der Waals surface area contributed by atoms with E-state index in [-0.39, 0.29) is 34.5 Å². The van der Waals surface area contributed by atoms with E-state index in [9.17, 15) is 4.39 Å². The lowest BCUT2D eigenvalue weighted by Crippen LogP contribution is -2.53. The molecule has 0 bridgehead atoms. The summed E-state index contributed by atoms with van der Waals surface area (Å²) in [6.07, 6.45) is 4.32. The van der Waals surface area contributed by atoms with Gasteiger partial charge in [-0.2, -0.15) is 11.8 Å². The Bertz CT molecular complexity index is 617. The zero-order valence-electron chi connectivity index (χ0n) is 16.8. The van der Waals surface area contributed by atoms with Gasteiger partial charge >= 0.3 is 0 Å². The van der Waals surface area contributed by atoms with Crippen LogP contribution in [0.2, 0.25) is 0 Å². The molecule has 0 amide bonds. The second kappa shape index (κ2) is 11.4. The SMILES string of the molecule is CCNC(=NCC1(SC)CCOCC1)N1CCN(c2ccc(F)cc2)CC1.I. The standard InChI is InChI=1S/C20H31FN4OS.HI/c1-3-22-19(23-16-20(27-2)8-14-26-15-9-20)25-12-10-24(11-13-25)18-6-4-17(21)5-7-18;/h4-7H,3,8-16H2,1-2H3,(H,22,23);1H. The predicted octanol–water partition coefficient (Wildman–Crippen LogP) is 3.44. The van der Waals surface area contributed by atoms with Crippen molar-refractivity contribution in [2.75, 3.05) is 63.6 Å². The number of rotatable bonds is 5. The summed E-state index contributed by atoms with van der Waals surface area (Å²) in [6.45, 7) is 9.15. The predicted molar refractivity (Wildman–Crippen MR) is 128 cm³/mol. The molecule has 5 nitrogen and oxygen atoms in total. The van der Waals surface area contributed by atoms with Crippen LogP contribution in [0, 0.1) is 5.82 Å². The van der Waals surface area contributed by atoms with Crippen LogP contribution in [0.5, 0.6) is 0 Å². The van der Waals surface area contributed by atoms with Crippen LogP contribution in [-0.4, -0.2) is 74.3 Å². The summed E-state index contributed by atoms with van der Waals surface area (Å²) in [5.74, 6) is 0.825. The highest BCUT2D eigenvalue weighted by molar-refractivity contribution is 14.0. The Morgan fingerprint density at radius 1 is 1.18 bits per heavy atom. The van der Waals surface area contributed by atoms with Gasteiger partial charge in [-0.25, -0.2) is 4.39 Å². The summed E-state index contributed by atoms with van der Waals surface area (Å²) >= 11 is 1.93. The van der Waals surface area contributed by atoms with E-state index in [2.05, 4.69) is 28.3 Å². The van der Waals surface area contributed by atoms with Crippen molar-refractivity contribution < 1.29 is 9.13 Å². The molecule has 2 fully saturated rings. The van der Waals surface area contributed by atoms with Gasteiger partial charge < -0.3 is 19.9 Å². The topological polar surface area (TPSA) is 40.1 Å². The van der Waals surface area contributed by atoms with Gasteiger partial charge in [0.15, 0.2) is 5.96 Å². The van der Waals surface area contributed by atoms with Crippen LogP contribution in [-0.2, 0) is 4.74 Å². The third-order valence-corrected chi connectivity index (χ3v) is 6.86. The van der Waals surface area contributed by atoms with Crippen molar-refractivity contribution in [3.05, 3.63) is 30.1 Å². The number of nitrogens with zero attached hydrogens (tertiary/aromatic N) is 3. The van der Waals surface area contributed by atoms with E-state index in [1.165, 1.54) is 12.1 Å². The molecule has 158 valence electrons. The monoisotopic (exact) mass is 522 g/mol. The quantitative estimate of drug-likeness (QED) is 0.365. The van der Waals surface area contributed by atoms with Gasteiger partial charge in [-0.3, -0.25) is 4.99 Å². The average molecular weight is 522 g/mol. The van der Waals surface area contributed by atoms with Crippen molar-refractivity contribution in [3.8, 4) is 0 Å².